The third-order valence-electron chi connectivity index (χ3n) is 3.56. The van der Waals surface area contributed by atoms with Gasteiger partial charge in [0, 0.05) is 48.8 Å². The molecule has 1 aromatic rings. The summed E-state index contributed by atoms with van der Waals surface area (Å²) in [7, 11) is 4.26. The molecule has 120 valence electrons. The Morgan fingerprint density at radius 1 is 1.24 bits per heavy atom. The van der Waals surface area contributed by atoms with Crippen LogP contribution >= 0.6 is 0 Å². The van der Waals surface area contributed by atoms with E-state index in [0.717, 1.165) is 31.9 Å². The molecule has 1 aromatic heterocycles. The summed E-state index contributed by atoms with van der Waals surface area (Å²) >= 11 is 0. The standard InChI is InChI=1S/C17H32N4/c1-7-21(10-8-9-20(5)6)17-11-15(4)19-13-16(17)12-18-14(2)3/h11,13-14,18H,7-10,12H2,1-6H3. The number of hydrogen-bond donors (Lipinski definition) is 1. The molecule has 0 aliphatic rings. The van der Waals surface area contributed by atoms with Crippen LogP contribution in [0.3, 0.4) is 0 Å². The number of nitrogens with zero attached hydrogens (tertiary/aromatic N) is 3. The van der Waals surface area contributed by atoms with Crippen molar-refractivity contribution in [3.05, 3.63) is 23.5 Å². The molecule has 0 unspecified atom stereocenters. The normalized spacial score (nSPS) is 11.4. The second-order valence-electron chi connectivity index (χ2n) is 6.23. The van der Waals surface area contributed by atoms with Crippen LogP contribution in [-0.2, 0) is 6.54 Å². The van der Waals surface area contributed by atoms with Crippen LogP contribution < -0.4 is 10.2 Å². The van der Waals surface area contributed by atoms with E-state index in [0.29, 0.717) is 6.04 Å². The Morgan fingerprint density at radius 2 is 1.95 bits per heavy atom. The molecular weight excluding hydrogens is 260 g/mol. The highest BCUT2D eigenvalue weighted by Crippen LogP contribution is 2.21. The van der Waals surface area contributed by atoms with Crippen molar-refractivity contribution in [3.63, 3.8) is 0 Å². The van der Waals surface area contributed by atoms with Crippen molar-refractivity contribution in [1.29, 1.82) is 0 Å². The summed E-state index contributed by atoms with van der Waals surface area (Å²) in [5.74, 6) is 0. The molecule has 0 atom stereocenters. The van der Waals surface area contributed by atoms with E-state index in [9.17, 15) is 0 Å². The van der Waals surface area contributed by atoms with Gasteiger partial charge in [0.15, 0.2) is 0 Å². The van der Waals surface area contributed by atoms with Crippen LogP contribution in [0.2, 0.25) is 0 Å². The lowest BCUT2D eigenvalue weighted by molar-refractivity contribution is 0.400. The summed E-state index contributed by atoms with van der Waals surface area (Å²) in [5.41, 5.74) is 3.71. The minimum atomic E-state index is 0.489. The predicted octanol–water partition coefficient (Wildman–Crippen LogP) is 2.67. The van der Waals surface area contributed by atoms with E-state index < -0.39 is 0 Å². The van der Waals surface area contributed by atoms with Crippen LogP contribution in [0.25, 0.3) is 0 Å². The first-order valence-electron chi connectivity index (χ1n) is 8.02. The quantitative estimate of drug-likeness (QED) is 0.758. The summed E-state index contributed by atoms with van der Waals surface area (Å²) in [6.07, 6.45) is 3.20. The smallest absolute Gasteiger partial charge is 0.0445 e. The number of aryl methyl sites for hydroxylation is 1. The molecule has 0 saturated heterocycles. The minimum Gasteiger partial charge on any atom is -0.371 e. The lowest BCUT2D eigenvalue weighted by atomic mass is 10.1. The Morgan fingerprint density at radius 3 is 2.52 bits per heavy atom. The molecular formula is C17H32N4. The number of nitrogens with one attached hydrogen (secondary N) is 1. The second kappa shape index (κ2) is 9.00. The number of pyridine rings is 1. The van der Waals surface area contributed by atoms with E-state index in [4.69, 9.17) is 0 Å². The molecule has 21 heavy (non-hydrogen) atoms. The zero-order valence-electron chi connectivity index (χ0n) is 14.6. The van der Waals surface area contributed by atoms with Crippen molar-refractivity contribution in [3.8, 4) is 0 Å². The Balaban J connectivity index is 2.82. The fourth-order valence-electron chi connectivity index (χ4n) is 2.35. The highest BCUT2D eigenvalue weighted by Gasteiger charge is 2.11. The monoisotopic (exact) mass is 292 g/mol. The van der Waals surface area contributed by atoms with Crippen LogP contribution in [0.1, 0.15) is 38.4 Å². The molecule has 0 aliphatic carbocycles. The van der Waals surface area contributed by atoms with E-state index in [-0.39, 0.29) is 0 Å². The van der Waals surface area contributed by atoms with E-state index >= 15 is 0 Å². The van der Waals surface area contributed by atoms with Crippen molar-refractivity contribution in [1.82, 2.24) is 15.2 Å². The maximum Gasteiger partial charge on any atom is 0.0445 e. The lowest BCUT2D eigenvalue weighted by Crippen LogP contribution is -2.29. The van der Waals surface area contributed by atoms with Crippen molar-refractivity contribution >= 4 is 5.69 Å². The summed E-state index contributed by atoms with van der Waals surface area (Å²) in [6.45, 7) is 12.8. The summed E-state index contributed by atoms with van der Waals surface area (Å²) in [6, 6.07) is 2.71. The summed E-state index contributed by atoms with van der Waals surface area (Å²) in [4.78, 5) is 9.18. The Labute approximate surface area is 130 Å². The SMILES string of the molecule is CCN(CCCN(C)C)c1cc(C)ncc1CNC(C)C. The van der Waals surface area contributed by atoms with Crippen LogP contribution in [0.5, 0.6) is 0 Å². The molecule has 0 bridgehead atoms. The Kier molecular flexibility index (Phi) is 7.68. The average Bonchev–Trinajstić information content (AvgIpc) is 2.42. The number of rotatable bonds is 9. The molecule has 0 radical (unpaired) electrons. The molecule has 0 aliphatic heterocycles. The predicted molar refractivity (Wildman–Crippen MR) is 92.0 cm³/mol. The van der Waals surface area contributed by atoms with Gasteiger partial charge >= 0.3 is 0 Å². The third-order valence-corrected chi connectivity index (χ3v) is 3.56. The first-order valence-corrected chi connectivity index (χ1v) is 8.02. The van der Waals surface area contributed by atoms with Gasteiger partial charge in [-0.25, -0.2) is 0 Å². The van der Waals surface area contributed by atoms with E-state index in [1.807, 2.05) is 6.20 Å². The van der Waals surface area contributed by atoms with E-state index in [1.165, 1.54) is 17.7 Å². The largest absolute Gasteiger partial charge is 0.371 e. The van der Waals surface area contributed by atoms with Crippen molar-refractivity contribution in [2.75, 3.05) is 38.6 Å². The van der Waals surface area contributed by atoms with Gasteiger partial charge in [0.1, 0.15) is 0 Å². The topological polar surface area (TPSA) is 31.4 Å². The van der Waals surface area contributed by atoms with Gasteiger partial charge in [-0.15, -0.1) is 0 Å². The molecule has 4 nitrogen and oxygen atoms in total. The molecule has 0 saturated carbocycles. The number of hydrogen-bond acceptors (Lipinski definition) is 4. The van der Waals surface area contributed by atoms with Gasteiger partial charge in [-0.2, -0.15) is 0 Å². The van der Waals surface area contributed by atoms with Crippen LogP contribution in [0, 0.1) is 6.92 Å². The third kappa shape index (κ3) is 6.44. The van der Waals surface area contributed by atoms with Gasteiger partial charge in [0.05, 0.1) is 0 Å². The number of anilines is 1. The molecule has 1 N–H and O–H groups in total. The van der Waals surface area contributed by atoms with Gasteiger partial charge < -0.3 is 15.1 Å². The fraction of sp³-hybridized carbons (Fsp3) is 0.706. The first-order chi connectivity index (χ1) is 9.93. The lowest BCUT2D eigenvalue weighted by Gasteiger charge is -2.27. The minimum absolute atomic E-state index is 0.489. The zero-order chi connectivity index (χ0) is 15.8. The van der Waals surface area contributed by atoms with Gasteiger partial charge in [0.2, 0.25) is 0 Å². The van der Waals surface area contributed by atoms with Gasteiger partial charge in [-0.1, -0.05) is 13.8 Å². The maximum absolute atomic E-state index is 4.47. The van der Waals surface area contributed by atoms with Gasteiger partial charge in [-0.3, -0.25) is 4.98 Å². The molecule has 1 rings (SSSR count). The van der Waals surface area contributed by atoms with Crippen LogP contribution in [0.4, 0.5) is 5.69 Å². The number of aromatic nitrogens is 1. The van der Waals surface area contributed by atoms with Gasteiger partial charge in [-0.05, 0) is 47.0 Å². The molecule has 0 fully saturated rings. The van der Waals surface area contributed by atoms with Crippen molar-refractivity contribution < 1.29 is 0 Å². The second-order valence-corrected chi connectivity index (χ2v) is 6.23. The molecule has 0 amide bonds. The van der Waals surface area contributed by atoms with Crippen LogP contribution in [-0.4, -0.2) is 49.7 Å². The fourth-order valence-corrected chi connectivity index (χ4v) is 2.35. The molecule has 1 heterocycles. The van der Waals surface area contributed by atoms with Gasteiger partial charge in [0.25, 0.3) is 0 Å². The zero-order valence-corrected chi connectivity index (χ0v) is 14.6. The summed E-state index contributed by atoms with van der Waals surface area (Å²) < 4.78 is 0. The van der Waals surface area contributed by atoms with Crippen LogP contribution in [0.15, 0.2) is 12.3 Å². The van der Waals surface area contributed by atoms with E-state index in [2.05, 4.69) is 68.0 Å². The molecule has 0 aromatic carbocycles. The van der Waals surface area contributed by atoms with E-state index in [1.54, 1.807) is 0 Å². The summed E-state index contributed by atoms with van der Waals surface area (Å²) in [5, 5.41) is 3.50. The maximum atomic E-state index is 4.47. The highest BCUT2D eigenvalue weighted by atomic mass is 15.1. The Bertz CT molecular complexity index is 415. The average molecular weight is 292 g/mol. The highest BCUT2D eigenvalue weighted by molar-refractivity contribution is 5.53. The Hall–Kier alpha value is -1.13. The van der Waals surface area contributed by atoms with Crippen molar-refractivity contribution in [2.45, 2.75) is 46.7 Å². The first kappa shape index (κ1) is 17.9. The molecule has 4 heteroatoms. The molecule has 0 spiro atoms. The van der Waals surface area contributed by atoms with Crippen molar-refractivity contribution in [2.24, 2.45) is 0 Å².